The van der Waals surface area contributed by atoms with E-state index in [4.69, 9.17) is 10.5 Å². The van der Waals surface area contributed by atoms with Crippen molar-refractivity contribution < 1.29 is 4.74 Å². The van der Waals surface area contributed by atoms with Gasteiger partial charge in [-0.2, -0.15) is 0 Å². The number of rotatable bonds is 5. The minimum Gasteiger partial charge on any atom is -0.384 e. The lowest BCUT2D eigenvalue weighted by molar-refractivity contribution is -0.0864. The van der Waals surface area contributed by atoms with Crippen LogP contribution in [0.5, 0.6) is 0 Å². The Balaban J connectivity index is 1.71. The van der Waals surface area contributed by atoms with Crippen LogP contribution in [-0.2, 0) is 4.74 Å². The molecule has 0 bridgehead atoms. The Labute approximate surface area is 126 Å². The van der Waals surface area contributed by atoms with Crippen molar-refractivity contribution in [3.8, 4) is 0 Å². The predicted molar refractivity (Wildman–Crippen MR) is 84.3 cm³/mol. The molecular formula is C16H26N4O. The van der Waals surface area contributed by atoms with Crippen molar-refractivity contribution >= 4 is 11.6 Å². The zero-order chi connectivity index (χ0) is 14.9. The van der Waals surface area contributed by atoms with Gasteiger partial charge >= 0.3 is 0 Å². The number of ether oxygens (including phenoxy) is 1. The van der Waals surface area contributed by atoms with E-state index in [1.165, 1.54) is 12.8 Å². The SMILES string of the molecule is CCC1(CC)CC(Nc2cc(N)nc(C3CC3)n2)CCO1. The van der Waals surface area contributed by atoms with Crippen molar-refractivity contribution in [2.75, 3.05) is 17.7 Å². The Bertz CT molecular complexity index is 497. The van der Waals surface area contributed by atoms with Crippen molar-refractivity contribution in [3.63, 3.8) is 0 Å². The molecule has 116 valence electrons. The summed E-state index contributed by atoms with van der Waals surface area (Å²) in [6.45, 7) is 5.23. The number of hydrogen-bond donors (Lipinski definition) is 2. The van der Waals surface area contributed by atoms with Gasteiger partial charge in [0.15, 0.2) is 0 Å². The molecule has 1 aromatic heterocycles. The molecule has 0 amide bonds. The molecule has 1 saturated carbocycles. The highest BCUT2D eigenvalue weighted by atomic mass is 16.5. The maximum absolute atomic E-state index is 6.03. The second-order valence-corrected chi connectivity index (χ2v) is 6.38. The van der Waals surface area contributed by atoms with Crippen LogP contribution in [0.15, 0.2) is 6.07 Å². The smallest absolute Gasteiger partial charge is 0.136 e. The molecule has 3 rings (SSSR count). The summed E-state index contributed by atoms with van der Waals surface area (Å²) in [6, 6.07) is 2.25. The molecule has 21 heavy (non-hydrogen) atoms. The van der Waals surface area contributed by atoms with Gasteiger partial charge in [0.2, 0.25) is 0 Å². The van der Waals surface area contributed by atoms with E-state index in [9.17, 15) is 0 Å². The fourth-order valence-electron chi connectivity index (χ4n) is 3.19. The molecule has 1 aliphatic carbocycles. The fraction of sp³-hybridized carbons (Fsp3) is 0.750. The monoisotopic (exact) mass is 290 g/mol. The first-order valence-electron chi connectivity index (χ1n) is 8.19. The maximum atomic E-state index is 6.03. The molecule has 0 spiro atoms. The van der Waals surface area contributed by atoms with Crippen LogP contribution >= 0.6 is 0 Å². The second kappa shape index (κ2) is 5.79. The van der Waals surface area contributed by atoms with Crippen LogP contribution in [-0.4, -0.2) is 28.2 Å². The first-order chi connectivity index (χ1) is 10.1. The number of anilines is 2. The third-order valence-electron chi connectivity index (χ3n) is 4.84. The van der Waals surface area contributed by atoms with Crippen LogP contribution in [0.4, 0.5) is 11.6 Å². The Morgan fingerprint density at radius 3 is 2.71 bits per heavy atom. The topological polar surface area (TPSA) is 73.1 Å². The van der Waals surface area contributed by atoms with Crippen molar-refractivity contribution in [2.24, 2.45) is 0 Å². The van der Waals surface area contributed by atoms with Gasteiger partial charge in [0, 0.05) is 24.6 Å². The summed E-state index contributed by atoms with van der Waals surface area (Å²) < 4.78 is 6.03. The first-order valence-corrected chi connectivity index (χ1v) is 8.19. The number of nitrogens with two attached hydrogens (primary N) is 1. The van der Waals surface area contributed by atoms with Gasteiger partial charge in [-0.3, -0.25) is 0 Å². The van der Waals surface area contributed by atoms with E-state index in [1.54, 1.807) is 0 Å². The zero-order valence-electron chi connectivity index (χ0n) is 13.1. The van der Waals surface area contributed by atoms with Gasteiger partial charge in [0.25, 0.3) is 0 Å². The molecule has 5 nitrogen and oxygen atoms in total. The van der Waals surface area contributed by atoms with Gasteiger partial charge in [-0.15, -0.1) is 0 Å². The Hall–Kier alpha value is -1.36. The summed E-state index contributed by atoms with van der Waals surface area (Å²) in [5.41, 5.74) is 5.94. The van der Waals surface area contributed by atoms with Gasteiger partial charge < -0.3 is 15.8 Å². The minimum atomic E-state index is 0.0216. The number of nitrogens with zero attached hydrogens (tertiary/aromatic N) is 2. The normalized spacial score (nSPS) is 24.8. The average Bonchev–Trinajstić information content (AvgIpc) is 3.31. The van der Waals surface area contributed by atoms with Gasteiger partial charge in [-0.1, -0.05) is 13.8 Å². The molecule has 0 aromatic carbocycles. The quantitative estimate of drug-likeness (QED) is 0.871. The van der Waals surface area contributed by atoms with Crippen LogP contribution in [0.1, 0.15) is 64.1 Å². The van der Waals surface area contributed by atoms with Crippen LogP contribution < -0.4 is 11.1 Å². The molecule has 5 heteroatoms. The van der Waals surface area contributed by atoms with E-state index in [-0.39, 0.29) is 5.60 Å². The van der Waals surface area contributed by atoms with Crippen molar-refractivity contribution in [3.05, 3.63) is 11.9 Å². The highest BCUT2D eigenvalue weighted by Crippen LogP contribution is 2.39. The molecule has 2 aliphatic rings. The molecule has 3 N–H and O–H groups in total. The summed E-state index contributed by atoms with van der Waals surface area (Å²) in [6.07, 6.45) is 6.54. The van der Waals surface area contributed by atoms with Gasteiger partial charge in [0.1, 0.15) is 17.5 Å². The summed E-state index contributed by atoms with van der Waals surface area (Å²) >= 11 is 0. The Morgan fingerprint density at radius 2 is 2.05 bits per heavy atom. The van der Waals surface area contributed by atoms with E-state index < -0.39 is 0 Å². The highest BCUT2D eigenvalue weighted by molar-refractivity contribution is 5.46. The van der Waals surface area contributed by atoms with Gasteiger partial charge in [-0.05, 0) is 38.5 Å². The maximum Gasteiger partial charge on any atom is 0.136 e. The van der Waals surface area contributed by atoms with Crippen LogP contribution in [0, 0.1) is 0 Å². The number of hydrogen-bond acceptors (Lipinski definition) is 5. The van der Waals surface area contributed by atoms with Crippen LogP contribution in [0.25, 0.3) is 0 Å². The first kappa shape index (κ1) is 14.6. The molecule has 1 atom stereocenters. The molecule has 1 aliphatic heterocycles. The second-order valence-electron chi connectivity index (χ2n) is 6.38. The number of nitrogens with one attached hydrogen (secondary N) is 1. The third kappa shape index (κ3) is 3.28. The number of nitrogen functional groups attached to an aromatic ring is 1. The molecular weight excluding hydrogens is 264 g/mol. The van der Waals surface area contributed by atoms with E-state index in [0.29, 0.717) is 17.8 Å². The summed E-state index contributed by atoms with van der Waals surface area (Å²) in [5.74, 6) is 2.87. The number of aromatic nitrogens is 2. The van der Waals surface area contributed by atoms with E-state index in [1.807, 2.05) is 6.07 Å². The summed E-state index contributed by atoms with van der Waals surface area (Å²) in [5, 5.41) is 3.56. The van der Waals surface area contributed by atoms with Gasteiger partial charge in [-0.25, -0.2) is 9.97 Å². The largest absolute Gasteiger partial charge is 0.384 e. The Morgan fingerprint density at radius 1 is 1.29 bits per heavy atom. The summed E-state index contributed by atoms with van der Waals surface area (Å²) in [7, 11) is 0. The van der Waals surface area contributed by atoms with E-state index >= 15 is 0 Å². The molecule has 1 saturated heterocycles. The predicted octanol–water partition coefficient (Wildman–Crippen LogP) is 3.09. The van der Waals surface area contributed by atoms with E-state index in [0.717, 1.165) is 43.9 Å². The van der Waals surface area contributed by atoms with Crippen LogP contribution in [0.2, 0.25) is 0 Å². The van der Waals surface area contributed by atoms with Crippen molar-refractivity contribution in [2.45, 2.75) is 69.9 Å². The lowest BCUT2D eigenvalue weighted by atomic mass is 9.86. The average molecular weight is 290 g/mol. The van der Waals surface area contributed by atoms with Crippen molar-refractivity contribution in [1.82, 2.24) is 9.97 Å². The molecule has 2 fully saturated rings. The minimum absolute atomic E-state index is 0.0216. The third-order valence-corrected chi connectivity index (χ3v) is 4.84. The van der Waals surface area contributed by atoms with Gasteiger partial charge in [0.05, 0.1) is 5.60 Å². The Kier molecular flexibility index (Phi) is 4.02. The van der Waals surface area contributed by atoms with Crippen LogP contribution in [0.3, 0.4) is 0 Å². The van der Waals surface area contributed by atoms with Crippen molar-refractivity contribution in [1.29, 1.82) is 0 Å². The summed E-state index contributed by atoms with van der Waals surface area (Å²) in [4.78, 5) is 9.00. The molecule has 2 heterocycles. The molecule has 1 unspecified atom stereocenters. The molecule has 0 radical (unpaired) electrons. The zero-order valence-corrected chi connectivity index (χ0v) is 13.1. The lowest BCUT2D eigenvalue weighted by Gasteiger charge is -2.40. The highest BCUT2D eigenvalue weighted by Gasteiger charge is 2.35. The fourth-order valence-corrected chi connectivity index (χ4v) is 3.19. The molecule has 1 aromatic rings. The standard InChI is InChI=1S/C16H26N4O/c1-3-16(4-2)10-12(7-8-21-16)18-14-9-13(17)19-15(20-14)11-5-6-11/h9,11-12H,3-8,10H2,1-2H3,(H3,17,18,19,20). The van der Waals surface area contributed by atoms with E-state index in [2.05, 4.69) is 29.1 Å². The lowest BCUT2D eigenvalue weighted by Crippen LogP contribution is -2.43.